The van der Waals surface area contributed by atoms with Crippen LogP contribution in [-0.2, 0) is 11.2 Å². The predicted octanol–water partition coefficient (Wildman–Crippen LogP) is 1.69. The van der Waals surface area contributed by atoms with E-state index in [1.54, 1.807) is 26.2 Å². The first-order valence-corrected chi connectivity index (χ1v) is 7.12. The summed E-state index contributed by atoms with van der Waals surface area (Å²) < 4.78 is 10.5. The number of nitrogens with zero attached hydrogens (tertiary/aromatic N) is 1. The number of likely N-dealkylation sites (N-methyl/N-ethyl adjacent to an activating group) is 1. The van der Waals surface area contributed by atoms with Crippen molar-refractivity contribution in [2.45, 2.75) is 26.3 Å². The molecule has 0 heterocycles. The van der Waals surface area contributed by atoms with Crippen molar-refractivity contribution in [1.82, 2.24) is 4.90 Å². The predicted molar refractivity (Wildman–Crippen MR) is 83.7 cm³/mol. The molecule has 0 aliphatic carbocycles. The Morgan fingerprint density at radius 1 is 1.24 bits per heavy atom. The topological polar surface area (TPSA) is 64.8 Å². The summed E-state index contributed by atoms with van der Waals surface area (Å²) in [6, 6.07) is 5.33. The number of ether oxygens (including phenoxy) is 2. The number of methoxy groups -OCH3 is 2. The van der Waals surface area contributed by atoms with Crippen molar-refractivity contribution in [3.8, 4) is 11.5 Å². The zero-order valence-corrected chi connectivity index (χ0v) is 13.6. The fourth-order valence-electron chi connectivity index (χ4n) is 1.98. The number of benzene rings is 1. The lowest BCUT2D eigenvalue weighted by Gasteiger charge is -2.23. The normalized spacial score (nSPS) is 12.1. The van der Waals surface area contributed by atoms with Crippen LogP contribution in [0.4, 0.5) is 0 Å². The third-order valence-corrected chi connectivity index (χ3v) is 3.56. The van der Waals surface area contributed by atoms with Crippen molar-refractivity contribution in [3.05, 3.63) is 23.8 Å². The second kappa shape index (κ2) is 7.88. The molecule has 2 N–H and O–H groups in total. The van der Waals surface area contributed by atoms with Crippen LogP contribution in [-0.4, -0.2) is 44.7 Å². The maximum atomic E-state index is 12.1. The van der Waals surface area contributed by atoms with E-state index in [0.29, 0.717) is 18.0 Å². The molecule has 1 amide bonds. The van der Waals surface area contributed by atoms with Gasteiger partial charge in [-0.3, -0.25) is 4.79 Å². The van der Waals surface area contributed by atoms with E-state index >= 15 is 0 Å². The van der Waals surface area contributed by atoms with Gasteiger partial charge >= 0.3 is 0 Å². The van der Waals surface area contributed by atoms with Gasteiger partial charge in [0.05, 0.1) is 20.3 Å². The van der Waals surface area contributed by atoms with E-state index in [1.165, 1.54) is 0 Å². The standard InChI is InChI=1S/C16H26N2O3/c1-11(2)15(17)16(19)18(3)9-8-12-6-7-13(20-4)14(10-12)21-5/h6-7,10-11,15H,8-9,17H2,1-5H3/t15-/m1/s1. The van der Waals surface area contributed by atoms with E-state index in [4.69, 9.17) is 15.2 Å². The molecule has 21 heavy (non-hydrogen) atoms. The van der Waals surface area contributed by atoms with Crippen molar-refractivity contribution < 1.29 is 14.3 Å². The fraction of sp³-hybridized carbons (Fsp3) is 0.562. The Balaban J connectivity index is 2.65. The Kier molecular flexibility index (Phi) is 6.49. The van der Waals surface area contributed by atoms with Gasteiger partial charge in [0.1, 0.15) is 0 Å². The first-order chi connectivity index (χ1) is 9.90. The molecule has 0 saturated carbocycles. The fourth-order valence-corrected chi connectivity index (χ4v) is 1.98. The highest BCUT2D eigenvalue weighted by molar-refractivity contribution is 5.81. The molecule has 118 valence electrons. The van der Waals surface area contributed by atoms with E-state index in [2.05, 4.69) is 0 Å². The van der Waals surface area contributed by atoms with Crippen LogP contribution in [0, 0.1) is 5.92 Å². The molecule has 0 radical (unpaired) electrons. The summed E-state index contributed by atoms with van der Waals surface area (Å²) in [5.41, 5.74) is 6.97. The summed E-state index contributed by atoms with van der Waals surface area (Å²) in [5.74, 6) is 1.52. The Morgan fingerprint density at radius 2 is 1.86 bits per heavy atom. The quantitative estimate of drug-likeness (QED) is 0.831. The summed E-state index contributed by atoms with van der Waals surface area (Å²) in [6.45, 7) is 4.52. The van der Waals surface area contributed by atoms with Gasteiger partial charge in [0.2, 0.25) is 5.91 Å². The van der Waals surface area contributed by atoms with Crippen LogP contribution in [0.25, 0.3) is 0 Å². The Bertz CT molecular complexity index is 475. The monoisotopic (exact) mass is 294 g/mol. The minimum atomic E-state index is -0.444. The van der Waals surface area contributed by atoms with Gasteiger partial charge in [-0.05, 0) is 30.0 Å². The highest BCUT2D eigenvalue weighted by Gasteiger charge is 2.20. The van der Waals surface area contributed by atoms with Gasteiger partial charge in [-0.1, -0.05) is 19.9 Å². The smallest absolute Gasteiger partial charge is 0.239 e. The number of carbonyl (C=O) groups excluding carboxylic acids is 1. The number of hydrogen-bond acceptors (Lipinski definition) is 4. The number of nitrogens with two attached hydrogens (primary N) is 1. The summed E-state index contributed by atoms with van der Waals surface area (Å²) >= 11 is 0. The van der Waals surface area contributed by atoms with Gasteiger partial charge in [0.15, 0.2) is 11.5 Å². The molecule has 0 aliphatic heterocycles. The molecule has 0 aromatic heterocycles. The van der Waals surface area contributed by atoms with Crippen molar-refractivity contribution in [2.75, 3.05) is 27.8 Å². The lowest BCUT2D eigenvalue weighted by molar-refractivity contribution is -0.132. The molecule has 1 rings (SSSR count). The molecule has 5 heteroatoms. The van der Waals surface area contributed by atoms with Gasteiger partial charge in [-0.2, -0.15) is 0 Å². The zero-order chi connectivity index (χ0) is 16.0. The first-order valence-electron chi connectivity index (χ1n) is 7.12. The van der Waals surface area contributed by atoms with E-state index in [9.17, 15) is 4.79 Å². The maximum Gasteiger partial charge on any atom is 0.239 e. The minimum Gasteiger partial charge on any atom is -0.493 e. The van der Waals surface area contributed by atoms with E-state index in [1.807, 2.05) is 32.0 Å². The molecule has 0 aliphatic rings. The SMILES string of the molecule is COc1ccc(CCN(C)C(=O)[C@H](N)C(C)C)cc1OC. The minimum absolute atomic E-state index is 0.0227. The second-order valence-corrected chi connectivity index (χ2v) is 5.47. The summed E-state index contributed by atoms with van der Waals surface area (Å²) in [7, 11) is 5.00. The number of carbonyl (C=O) groups is 1. The number of amides is 1. The number of hydrogen-bond donors (Lipinski definition) is 1. The van der Waals surface area contributed by atoms with Gasteiger partial charge in [0.25, 0.3) is 0 Å². The molecular weight excluding hydrogens is 268 g/mol. The average Bonchev–Trinajstić information content (AvgIpc) is 2.50. The first kappa shape index (κ1) is 17.3. The Labute approximate surface area is 127 Å². The molecule has 0 fully saturated rings. The van der Waals surface area contributed by atoms with Crippen LogP contribution in [0.3, 0.4) is 0 Å². The third kappa shape index (κ3) is 4.63. The van der Waals surface area contributed by atoms with Crippen molar-refractivity contribution in [1.29, 1.82) is 0 Å². The molecule has 0 unspecified atom stereocenters. The second-order valence-electron chi connectivity index (χ2n) is 5.47. The van der Waals surface area contributed by atoms with Gasteiger partial charge in [-0.25, -0.2) is 0 Å². The van der Waals surface area contributed by atoms with Crippen LogP contribution in [0.1, 0.15) is 19.4 Å². The van der Waals surface area contributed by atoms with Crippen LogP contribution < -0.4 is 15.2 Å². The Hall–Kier alpha value is -1.75. The molecule has 1 atom stereocenters. The van der Waals surface area contributed by atoms with Crippen LogP contribution >= 0.6 is 0 Å². The van der Waals surface area contributed by atoms with Crippen molar-refractivity contribution >= 4 is 5.91 Å². The molecular formula is C16H26N2O3. The van der Waals surface area contributed by atoms with Crippen LogP contribution in [0.15, 0.2) is 18.2 Å². The lowest BCUT2D eigenvalue weighted by atomic mass is 10.0. The summed E-state index contributed by atoms with van der Waals surface area (Å²) in [5, 5.41) is 0. The lowest BCUT2D eigenvalue weighted by Crippen LogP contribution is -2.45. The highest BCUT2D eigenvalue weighted by atomic mass is 16.5. The third-order valence-electron chi connectivity index (χ3n) is 3.56. The molecule has 5 nitrogen and oxygen atoms in total. The van der Waals surface area contributed by atoms with Gasteiger partial charge < -0.3 is 20.1 Å². The van der Waals surface area contributed by atoms with Crippen LogP contribution in [0.5, 0.6) is 11.5 Å². The molecule has 0 saturated heterocycles. The number of rotatable bonds is 7. The molecule has 0 spiro atoms. The van der Waals surface area contributed by atoms with Crippen molar-refractivity contribution in [3.63, 3.8) is 0 Å². The molecule has 1 aromatic carbocycles. The largest absolute Gasteiger partial charge is 0.493 e. The van der Waals surface area contributed by atoms with Crippen molar-refractivity contribution in [2.24, 2.45) is 11.7 Å². The summed E-state index contributed by atoms with van der Waals surface area (Å²) in [4.78, 5) is 13.8. The van der Waals surface area contributed by atoms with E-state index in [0.717, 1.165) is 12.0 Å². The maximum absolute atomic E-state index is 12.1. The van der Waals surface area contributed by atoms with Gasteiger partial charge in [-0.15, -0.1) is 0 Å². The molecule has 0 bridgehead atoms. The zero-order valence-electron chi connectivity index (χ0n) is 13.6. The van der Waals surface area contributed by atoms with Gasteiger partial charge in [0, 0.05) is 13.6 Å². The van der Waals surface area contributed by atoms with Crippen LogP contribution in [0.2, 0.25) is 0 Å². The molecule has 1 aromatic rings. The van der Waals surface area contributed by atoms with E-state index < -0.39 is 6.04 Å². The summed E-state index contributed by atoms with van der Waals surface area (Å²) in [6.07, 6.45) is 0.743. The average molecular weight is 294 g/mol. The highest BCUT2D eigenvalue weighted by Crippen LogP contribution is 2.27. The Morgan fingerprint density at radius 3 is 2.38 bits per heavy atom. The van der Waals surface area contributed by atoms with E-state index in [-0.39, 0.29) is 11.8 Å².